The SMILES string of the molecule is [2H]C(=O)CCC(C)(C)SSCCCC(=O)NCCPC(C)(CC)CC.[2H]C(=O)CCSSC(C)CCC(=O)CCCPC(C)(CC)CC. The molecule has 0 aliphatic heterocycles. The molecule has 3 unspecified atom stereocenters. The third kappa shape index (κ3) is 29.6. The van der Waals surface area contributed by atoms with Crippen LogP contribution < -0.4 is 5.32 Å². The van der Waals surface area contributed by atoms with Crippen molar-refractivity contribution in [2.24, 2.45) is 0 Å². The minimum Gasteiger partial charge on any atom is -0.356 e. The third-order valence-electron chi connectivity index (χ3n) is 8.40. The Morgan fingerprint density at radius 1 is 0.804 bits per heavy atom. The van der Waals surface area contributed by atoms with Crippen LogP contribution >= 0.6 is 60.3 Å². The highest BCUT2D eigenvalue weighted by Crippen LogP contribution is 2.40. The van der Waals surface area contributed by atoms with Crippen molar-refractivity contribution in [1.29, 1.82) is 0 Å². The molecule has 0 aliphatic rings. The first-order valence-corrected chi connectivity index (χ1v) is 24.4. The molecule has 0 saturated heterocycles. The van der Waals surface area contributed by atoms with Gasteiger partial charge in [-0.3, -0.25) is 9.59 Å². The van der Waals surface area contributed by atoms with Crippen LogP contribution in [0.15, 0.2) is 0 Å². The Morgan fingerprint density at radius 3 is 1.96 bits per heavy atom. The lowest BCUT2D eigenvalue weighted by Crippen LogP contribution is -2.27. The first kappa shape index (κ1) is 44.8. The second-order valence-electron chi connectivity index (χ2n) is 13.0. The minimum absolute atomic E-state index is 0.00420. The van der Waals surface area contributed by atoms with Gasteiger partial charge in [0.05, 0.1) is 0 Å². The normalized spacial score (nSPS) is 13.8. The summed E-state index contributed by atoms with van der Waals surface area (Å²) in [6, 6.07) is 0. The van der Waals surface area contributed by atoms with Crippen molar-refractivity contribution in [3.63, 3.8) is 0 Å². The Hall–Kier alpha value is 0.740. The van der Waals surface area contributed by atoms with E-state index >= 15 is 0 Å². The summed E-state index contributed by atoms with van der Waals surface area (Å²) in [6.45, 7) is 20.8. The Balaban J connectivity index is 0. The molecule has 5 nitrogen and oxygen atoms in total. The molecule has 0 aromatic carbocycles. The second kappa shape index (κ2) is 30.6. The number of nitrogens with one attached hydrogen (secondary N) is 1. The van der Waals surface area contributed by atoms with Crippen LogP contribution in [-0.2, 0) is 19.2 Å². The zero-order valence-electron chi connectivity index (χ0n) is 32.6. The molecular weight excluding hydrogens is 689 g/mol. The van der Waals surface area contributed by atoms with E-state index in [4.69, 9.17) is 2.74 Å². The van der Waals surface area contributed by atoms with Crippen molar-refractivity contribution in [3.8, 4) is 0 Å². The number of carbonyl (C=O) groups excluding carboxylic acids is 4. The molecule has 3 atom stereocenters. The molecule has 0 aromatic rings. The van der Waals surface area contributed by atoms with E-state index in [0.29, 0.717) is 52.8 Å². The average molecular weight is 760 g/mol. The van der Waals surface area contributed by atoms with Gasteiger partial charge < -0.3 is 14.9 Å². The van der Waals surface area contributed by atoms with Gasteiger partial charge in [-0.05, 0) is 87.9 Å². The molecule has 0 aromatic heterocycles. The van der Waals surface area contributed by atoms with Crippen LogP contribution in [0.25, 0.3) is 0 Å². The summed E-state index contributed by atoms with van der Waals surface area (Å²) in [5, 5.41) is 4.38. The summed E-state index contributed by atoms with van der Waals surface area (Å²) in [4.78, 5) is 45.1. The first-order valence-electron chi connectivity index (χ1n) is 18.3. The van der Waals surface area contributed by atoms with E-state index in [0.717, 1.165) is 67.7 Å². The van der Waals surface area contributed by atoms with E-state index in [2.05, 4.69) is 67.6 Å². The lowest BCUT2D eigenvalue weighted by atomic mass is 10.1. The van der Waals surface area contributed by atoms with E-state index in [1.54, 1.807) is 43.2 Å². The fraction of sp³-hybridized carbons (Fsp3) is 0.886. The van der Waals surface area contributed by atoms with Crippen molar-refractivity contribution < 1.29 is 21.9 Å². The fourth-order valence-corrected chi connectivity index (χ4v) is 11.7. The molecule has 0 saturated carbocycles. The van der Waals surface area contributed by atoms with Crippen molar-refractivity contribution in [2.45, 2.75) is 166 Å². The number of hydrogen-bond donors (Lipinski definition) is 1. The van der Waals surface area contributed by atoms with Crippen molar-refractivity contribution >= 4 is 84.6 Å². The highest BCUT2D eigenvalue weighted by atomic mass is 33.1. The number of amides is 1. The minimum atomic E-state index is -0.496. The topological polar surface area (TPSA) is 80.3 Å². The third-order valence-corrected chi connectivity index (χ3v) is 19.0. The standard InChI is InChI=1S/C18H36NO2PS2.C17H33O2PS2/c1-6-18(5,7-2)22-14-12-19-16(21)10-8-15-23-24-17(3,4)11-9-13-20;1-5-17(4,6-2)20-13-7-9-16(19)11-10-15(3)22-21-14-8-12-18/h13,22H,6-12,14-15H2,1-5H3,(H,19,21);12,15,20H,5-11,13-14H2,1-4H3/i13D;12D. The molecule has 11 heteroatoms. The summed E-state index contributed by atoms with van der Waals surface area (Å²) in [5.41, 5.74) is 0. The predicted octanol–water partition coefficient (Wildman–Crippen LogP) is 11.0. The quantitative estimate of drug-likeness (QED) is 0.0336. The van der Waals surface area contributed by atoms with E-state index in [9.17, 15) is 19.2 Å². The van der Waals surface area contributed by atoms with Crippen LogP contribution in [0.1, 0.15) is 149 Å². The Labute approximate surface area is 306 Å². The maximum atomic E-state index is 11.9. The van der Waals surface area contributed by atoms with Gasteiger partial charge in [-0.1, -0.05) is 91.6 Å². The molecule has 0 spiro atoms. The zero-order valence-corrected chi connectivity index (χ0v) is 35.8. The fourth-order valence-electron chi connectivity index (χ4n) is 4.00. The molecule has 272 valence electrons. The molecule has 0 radical (unpaired) electrons. The molecule has 1 amide bonds. The summed E-state index contributed by atoms with van der Waals surface area (Å²) in [7, 11) is 8.75. The Bertz CT molecular complexity index is 895. The lowest BCUT2D eigenvalue weighted by Gasteiger charge is -2.26. The van der Waals surface area contributed by atoms with Gasteiger partial charge in [-0.15, -0.1) is 17.2 Å². The number of ketones is 1. The van der Waals surface area contributed by atoms with Gasteiger partial charge >= 0.3 is 0 Å². The van der Waals surface area contributed by atoms with Gasteiger partial charge in [-0.2, -0.15) is 0 Å². The van der Waals surface area contributed by atoms with E-state index in [1.165, 1.54) is 31.8 Å². The van der Waals surface area contributed by atoms with Crippen LogP contribution in [0.3, 0.4) is 0 Å². The zero-order chi connectivity index (χ0) is 37.1. The Kier molecular flexibility index (Phi) is 29.7. The van der Waals surface area contributed by atoms with Gasteiger partial charge in [0.25, 0.3) is 0 Å². The smallest absolute Gasteiger partial charge is 0.220 e. The van der Waals surface area contributed by atoms with Gasteiger partial charge in [0, 0.05) is 60.2 Å². The van der Waals surface area contributed by atoms with Crippen LogP contribution in [-0.4, -0.2) is 74.9 Å². The number of Topliss-reactive ketones (excluding diaryl/α,β-unsaturated/α-hetero) is 1. The Morgan fingerprint density at radius 2 is 1.39 bits per heavy atom. The summed E-state index contributed by atoms with van der Waals surface area (Å²) < 4.78 is 13.8. The maximum absolute atomic E-state index is 11.9. The summed E-state index contributed by atoms with van der Waals surface area (Å²) >= 11 is 0. The van der Waals surface area contributed by atoms with Crippen molar-refractivity contribution in [2.75, 3.05) is 30.4 Å². The summed E-state index contributed by atoms with van der Waals surface area (Å²) in [6.07, 6.45) is 12.3. The highest BCUT2D eigenvalue weighted by molar-refractivity contribution is 8.77. The monoisotopic (exact) mass is 759 g/mol. The van der Waals surface area contributed by atoms with E-state index in [1.807, 2.05) is 0 Å². The van der Waals surface area contributed by atoms with Crippen LogP contribution in [0.4, 0.5) is 0 Å². The molecule has 46 heavy (non-hydrogen) atoms. The lowest BCUT2D eigenvalue weighted by molar-refractivity contribution is -0.121. The predicted molar refractivity (Wildman–Crippen MR) is 220 cm³/mol. The van der Waals surface area contributed by atoms with Gasteiger partial charge in [-0.25, -0.2) is 0 Å². The van der Waals surface area contributed by atoms with Gasteiger partial charge in [0.2, 0.25) is 5.91 Å². The second-order valence-corrected chi connectivity index (χ2v) is 23.1. The molecule has 0 aliphatic carbocycles. The van der Waals surface area contributed by atoms with Gasteiger partial charge in [0.15, 0.2) is 0 Å². The molecule has 0 heterocycles. The van der Waals surface area contributed by atoms with Gasteiger partial charge in [0.1, 0.15) is 21.0 Å². The van der Waals surface area contributed by atoms with Crippen molar-refractivity contribution in [3.05, 3.63) is 0 Å². The van der Waals surface area contributed by atoms with Crippen LogP contribution in [0.2, 0.25) is 0 Å². The van der Waals surface area contributed by atoms with Crippen molar-refractivity contribution in [1.82, 2.24) is 5.32 Å². The molecule has 0 bridgehead atoms. The number of rotatable bonds is 30. The molecule has 0 rings (SSSR count). The average Bonchev–Trinajstić information content (AvgIpc) is 3.05. The molecule has 1 N–H and O–H groups in total. The van der Waals surface area contributed by atoms with E-state index < -0.39 is 12.5 Å². The highest BCUT2D eigenvalue weighted by Gasteiger charge is 2.20. The molecule has 0 fully saturated rings. The van der Waals surface area contributed by atoms with Crippen LogP contribution in [0, 0.1) is 0 Å². The first-order chi connectivity index (χ1) is 22.5. The number of carbonyl (C=O) groups is 4. The number of aldehydes is 2. The van der Waals surface area contributed by atoms with E-state index in [-0.39, 0.29) is 10.7 Å². The number of hydrogen-bond acceptors (Lipinski definition) is 8. The summed E-state index contributed by atoms with van der Waals surface area (Å²) in [5.74, 6) is 2.18. The maximum Gasteiger partial charge on any atom is 0.220 e. The largest absolute Gasteiger partial charge is 0.356 e. The van der Waals surface area contributed by atoms with Crippen LogP contribution in [0.5, 0.6) is 0 Å². The molecular formula is C35H69NO4P2S4.